The van der Waals surface area contributed by atoms with Crippen LogP contribution in [0.1, 0.15) is 37.4 Å². The lowest BCUT2D eigenvalue weighted by atomic mass is 10.1. The van der Waals surface area contributed by atoms with Crippen molar-refractivity contribution in [3.05, 3.63) is 59.4 Å². The van der Waals surface area contributed by atoms with E-state index in [0.717, 1.165) is 24.1 Å². The van der Waals surface area contributed by atoms with Crippen molar-refractivity contribution in [3.63, 3.8) is 0 Å². The standard InChI is InChI=1S/C18H22FNO/c1-4-10-20-14(3)15-6-5-7-16(12-15)21-18-11-13(2)8-9-17(18)19/h5-9,11-12,14,20H,4,10H2,1-3H3. The number of aryl methyl sites for hydroxylation is 1. The lowest BCUT2D eigenvalue weighted by molar-refractivity contribution is 0.440. The van der Waals surface area contributed by atoms with E-state index in [1.807, 2.05) is 31.2 Å². The van der Waals surface area contributed by atoms with E-state index in [0.29, 0.717) is 5.75 Å². The molecule has 112 valence electrons. The SMILES string of the molecule is CCCNC(C)c1cccc(Oc2cc(C)ccc2F)c1. The van der Waals surface area contributed by atoms with Crippen molar-refractivity contribution in [3.8, 4) is 11.5 Å². The normalized spacial score (nSPS) is 12.2. The van der Waals surface area contributed by atoms with Gasteiger partial charge in [0.15, 0.2) is 11.6 Å². The summed E-state index contributed by atoms with van der Waals surface area (Å²) in [5, 5.41) is 3.43. The van der Waals surface area contributed by atoms with Crippen molar-refractivity contribution in [2.24, 2.45) is 0 Å². The molecular formula is C18H22FNO. The Morgan fingerprint density at radius 2 is 2.00 bits per heavy atom. The number of benzene rings is 2. The molecule has 0 saturated carbocycles. The Bertz CT molecular complexity index is 598. The number of halogens is 1. The highest BCUT2D eigenvalue weighted by molar-refractivity contribution is 5.37. The second-order valence-corrected chi connectivity index (χ2v) is 5.28. The van der Waals surface area contributed by atoms with Crippen LogP contribution >= 0.6 is 0 Å². The van der Waals surface area contributed by atoms with Crippen molar-refractivity contribution >= 4 is 0 Å². The van der Waals surface area contributed by atoms with E-state index in [1.54, 1.807) is 12.1 Å². The number of rotatable bonds is 6. The van der Waals surface area contributed by atoms with Gasteiger partial charge in [-0.15, -0.1) is 0 Å². The van der Waals surface area contributed by atoms with Crippen molar-refractivity contribution in [2.45, 2.75) is 33.2 Å². The first-order valence-electron chi connectivity index (χ1n) is 7.37. The summed E-state index contributed by atoms with van der Waals surface area (Å²) in [6.45, 7) is 7.14. The zero-order valence-corrected chi connectivity index (χ0v) is 12.8. The molecule has 1 N–H and O–H groups in total. The predicted molar refractivity (Wildman–Crippen MR) is 84.4 cm³/mol. The number of hydrogen-bond acceptors (Lipinski definition) is 2. The highest BCUT2D eigenvalue weighted by Crippen LogP contribution is 2.27. The molecule has 2 rings (SSSR count). The summed E-state index contributed by atoms with van der Waals surface area (Å²) >= 11 is 0. The van der Waals surface area contributed by atoms with Crippen LogP contribution in [-0.4, -0.2) is 6.54 Å². The van der Waals surface area contributed by atoms with E-state index in [-0.39, 0.29) is 17.6 Å². The number of hydrogen-bond donors (Lipinski definition) is 1. The average Bonchev–Trinajstić information content (AvgIpc) is 2.49. The Hall–Kier alpha value is -1.87. The molecule has 0 radical (unpaired) electrons. The third kappa shape index (κ3) is 4.30. The summed E-state index contributed by atoms with van der Waals surface area (Å²) in [6.07, 6.45) is 1.09. The maximum Gasteiger partial charge on any atom is 0.165 e. The highest BCUT2D eigenvalue weighted by atomic mass is 19.1. The van der Waals surface area contributed by atoms with Crippen molar-refractivity contribution in [1.29, 1.82) is 0 Å². The molecule has 0 spiro atoms. The van der Waals surface area contributed by atoms with Crippen molar-refractivity contribution in [2.75, 3.05) is 6.54 Å². The molecule has 2 aromatic carbocycles. The number of nitrogens with one attached hydrogen (secondary N) is 1. The van der Waals surface area contributed by atoms with Gasteiger partial charge in [-0.25, -0.2) is 4.39 Å². The van der Waals surface area contributed by atoms with E-state index in [2.05, 4.69) is 19.2 Å². The smallest absolute Gasteiger partial charge is 0.165 e. The molecule has 0 aliphatic rings. The Labute approximate surface area is 126 Å². The highest BCUT2D eigenvalue weighted by Gasteiger charge is 2.08. The summed E-state index contributed by atoms with van der Waals surface area (Å²) in [5.41, 5.74) is 2.11. The maximum atomic E-state index is 13.7. The van der Waals surface area contributed by atoms with Crippen LogP contribution in [0.2, 0.25) is 0 Å². The topological polar surface area (TPSA) is 21.3 Å². The van der Waals surface area contributed by atoms with Gasteiger partial charge in [0.2, 0.25) is 0 Å². The third-order valence-corrected chi connectivity index (χ3v) is 3.37. The van der Waals surface area contributed by atoms with Gasteiger partial charge in [-0.1, -0.05) is 25.1 Å². The van der Waals surface area contributed by atoms with Crippen LogP contribution in [0.15, 0.2) is 42.5 Å². The lowest BCUT2D eigenvalue weighted by Gasteiger charge is -2.15. The minimum absolute atomic E-state index is 0.246. The van der Waals surface area contributed by atoms with E-state index in [1.165, 1.54) is 6.07 Å². The maximum absolute atomic E-state index is 13.7. The first kappa shape index (κ1) is 15.5. The molecule has 2 nitrogen and oxygen atoms in total. The fourth-order valence-corrected chi connectivity index (χ4v) is 2.14. The molecule has 0 amide bonds. The Morgan fingerprint density at radius 1 is 1.19 bits per heavy atom. The van der Waals surface area contributed by atoms with E-state index in [4.69, 9.17) is 4.74 Å². The minimum atomic E-state index is -0.344. The van der Waals surface area contributed by atoms with Crippen LogP contribution < -0.4 is 10.1 Å². The summed E-state index contributed by atoms with van der Waals surface area (Å²) < 4.78 is 19.4. The first-order chi connectivity index (χ1) is 10.1. The molecule has 0 aliphatic heterocycles. The summed E-state index contributed by atoms with van der Waals surface area (Å²) in [6, 6.07) is 12.9. The van der Waals surface area contributed by atoms with Crippen molar-refractivity contribution < 1.29 is 9.13 Å². The van der Waals surface area contributed by atoms with E-state index < -0.39 is 0 Å². The van der Waals surface area contributed by atoms with Gasteiger partial charge in [-0.2, -0.15) is 0 Å². The summed E-state index contributed by atoms with van der Waals surface area (Å²) in [4.78, 5) is 0. The van der Waals surface area contributed by atoms with Crippen LogP contribution in [-0.2, 0) is 0 Å². The average molecular weight is 287 g/mol. The predicted octanol–water partition coefficient (Wildman–Crippen LogP) is 4.99. The van der Waals surface area contributed by atoms with Gasteiger partial charge in [0, 0.05) is 6.04 Å². The van der Waals surface area contributed by atoms with Crippen molar-refractivity contribution in [1.82, 2.24) is 5.32 Å². The second-order valence-electron chi connectivity index (χ2n) is 5.28. The van der Waals surface area contributed by atoms with Gasteiger partial charge in [0.25, 0.3) is 0 Å². The Morgan fingerprint density at radius 3 is 2.76 bits per heavy atom. The van der Waals surface area contributed by atoms with Crippen LogP contribution in [0.3, 0.4) is 0 Å². The van der Waals surface area contributed by atoms with Gasteiger partial charge in [0.1, 0.15) is 5.75 Å². The van der Waals surface area contributed by atoms with Gasteiger partial charge in [-0.05, 0) is 62.2 Å². The summed E-state index contributed by atoms with van der Waals surface area (Å²) in [7, 11) is 0. The quantitative estimate of drug-likeness (QED) is 0.808. The van der Waals surface area contributed by atoms with Gasteiger partial charge < -0.3 is 10.1 Å². The van der Waals surface area contributed by atoms with Crippen LogP contribution in [0.5, 0.6) is 11.5 Å². The largest absolute Gasteiger partial charge is 0.454 e. The lowest BCUT2D eigenvalue weighted by Crippen LogP contribution is -2.19. The fourth-order valence-electron chi connectivity index (χ4n) is 2.14. The zero-order valence-electron chi connectivity index (χ0n) is 12.8. The molecule has 2 aromatic rings. The van der Waals surface area contributed by atoms with E-state index in [9.17, 15) is 4.39 Å². The second kappa shape index (κ2) is 7.23. The first-order valence-corrected chi connectivity index (χ1v) is 7.37. The number of ether oxygens (including phenoxy) is 1. The Balaban J connectivity index is 2.15. The van der Waals surface area contributed by atoms with Crippen LogP contribution in [0.4, 0.5) is 4.39 Å². The molecule has 0 aliphatic carbocycles. The molecule has 0 bridgehead atoms. The molecule has 1 unspecified atom stereocenters. The zero-order chi connectivity index (χ0) is 15.2. The third-order valence-electron chi connectivity index (χ3n) is 3.37. The molecule has 0 heterocycles. The van der Waals surface area contributed by atoms with Crippen LogP contribution in [0, 0.1) is 12.7 Å². The van der Waals surface area contributed by atoms with Crippen LogP contribution in [0.25, 0.3) is 0 Å². The minimum Gasteiger partial charge on any atom is -0.454 e. The molecule has 0 saturated heterocycles. The van der Waals surface area contributed by atoms with Gasteiger partial charge in [0.05, 0.1) is 0 Å². The molecule has 1 atom stereocenters. The molecular weight excluding hydrogens is 265 g/mol. The van der Waals surface area contributed by atoms with Gasteiger partial charge >= 0.3 is 0 Å². The Kier molecular flexibility index (Phi) is 5.34. The molecule has 3 heteroatoms. The fraction of sp³-hybridized carbons (Fsp3) is 0.333. The summed E-state index contributed by atoms with van der Waals surface area (Å²) in [5.74, 6) is 0.576. The molecule has 0 aromatic heterocycles. The van der Waals surface area contributed by atoms with E-state index >= 15 is 0 Å². The molecule has 0 fully saturated rings. The van der Waals surface area contributed by atoms with Gasteiger partial charge in [-0.3, -0.25) is 0 Å². The monoisotopic (exact) mass is 287 g/mol. The molecule has 21 heavy (non-hydrogen) atoms.